The molecule has 84 valence electrons. The first-order chi connectivity index (χ1) is 7.04. The number of carbonyl (C=O) groups excluding carboxylic acids is 1. The summed E-state index contributed by atoms with van der Waals surface area (Å²) in [6.45, 7) is 6.34. The summed E-state index contributed by atoms with van der Waals surface area (Å²) in [5.74, 6) is -0.0945. The first kappa shape index (κ1) is 12.1. The van der Waals surface area contributed by atoms with E-state index >= 15 is 0 Å². The molecule has 5 heteroatoms. The van der Waals surface area contributed by atoms with E-state index < -0.39 is 6.04 Å². The molecule has 0 bridgehead atoms. The molecule has 0 saturated heterocycles. The standard InChI is InChI=1S/C10H17N3OS/c1-4-8(11)10(14)12-5-9-6(2)13-7(3)15-9/h8H,4-5,11H2,1-3H3,(H,12,14)/t8-/m0/s1. The largest absolute Gasteiger partial charge is 0.350 e. The van der Waals surface area contributed by atoms with Crippen LogP contribution in [0.2, 0.25) is 0 Å². The van der Waals surface area contributed by atoms with E-state index in [4.69, 9.17) is 5.73 Å². The molecule has 0 aliphatic carbocycles. The quantitative estimate of drug-likeness (QED) is 0.809. The second-order valence-corrected chi connectivity index (χ2v) is 4.76. The molecule has 0 unspecified atom stereocenters. The molecular weight excluding hydrogens is 210 g/mol. The molecule has 1 aromatic heterocycles. The fraction of sp³-hybridized carbons (Fsp3) is 0.600. The number of nitrogens with two attached hydrogens (primary N) is 1. The number of nitrogens with zero attached hydrogens (tertiary/aromatic N) is 1. The van der Waals surface area contributed by atoms with Crippen molar-refractivity contribution in [1.29, 1.82) is 0 Å². The van der Waals surface area contributed by atoms with Crippen molar-refractivity contribution < 1.29 is 4.79 Å². The lowest BCUT2D eigenvalue weighted by Crippen LogP contribution is -2.39. The van der Waals surface area contributed by atoms with Crippen LogP contribution in [-0.4, -0.2) is 16.9 Å². The molecule has 1 aromatic rings. The van der Waals surface area contributed by atoms with E-state index in [1.54, 1.807) is 11.3 Å². The number of rotatable bonds is 4. The lowest BCUT2D eigenvalue weighted by molar-refractivity contribution is -0.122. The first-order valence-electron chi connectivity index (χ1n) is 5.00. The monoisotopic (exact) mass is 227 g/mol. The van der Waals surface area contributed by atoms with Crippen molar-refractivity contribution in [1.82, 2.24) is 10.3 Å². The van der Waals surface area contributed by atoms with Gasteiger partial charge in [0.15, 0.2) is 0 Å². The first-order valence-corrected chi connectivity index (χ1v) is 5.82. The summed E-state index contributed by atoms with van der Waals surface area (Å²) in [7, 11) is 0. The highest BCUT2D eigenvalue weighted by Crippen LogP contribution is 2.16. The minimum atomic E-state index is -0.403. The van der Waals surface area contributed by atoms with Crippen molar-refractivity contribution in [3.63, 3.8) is 0 Å². The van der Waals surface area contributed by atoms with Gasteiger partial charge in [-0.1, -0.05) is 6.92 Å². The van der Waals surface area contributed by atoms with Crippen molar-refractivity contribution in [2.24, 2.45) is 5.73 Å². The molecule has 1 atom stereocenters. The summed E-state index contributed by atoms with van der Waals surface area (Å²) in [5.41, 5.74) is 6.59. The molecule has 1 amide bonds. The highest BCUT2D eigenvalue weighted by atomic mass is 32.1. The average Bonchev–Trinajstić information content (AvgIpc) is 2.52. The molecule has 0 aliphatic rings. The van der Waals surface area contributed by atoms with Gasteiger partial charge >= 0.3 is 0 Å². The van der Waals surface area contributed by atoms with E-state index in [1.807, 2.05) is 20.8 Å². The minimum absolute atomic E-state index is 0.0945. The van der Waals surface area contributed by atoms with Gasteiger partial charge in [-0.15, -0.1) is 11.3 Å². The molecule has 4 nitrogen and oxygen atoms in total. The van der Waals surface area contributed by atoms with Gasteiger partial charge in [-0.05, 0) is 20.3 Å². The van der Waals surface area contributed by atoms with Gasteiger partial charge in [0.25, 0.3) is 0 Å². The summed E-state index contributed by atoms with van der Waals surface area (Å²) in [6.07, 6.45) is 0.659. The molecule has 0 fully saturated rings. The van der Waals surface area contributed by atoms with Crippen LogP contribution in [0.5, 0.6) is 0 Å². The van der Waals surface area contributed by atoms with Gasteiger partial charge in [-0.2, -0.15) is 0 Å². The van der Waals surface area contributed by atoms with Crippen molar-refractivity contribution in [2.45, 2.75) is 39.8 Å². The summed E-state index contributed by atoms with van der Waals surface area (Å²) < 4.78 is 0. The van der Waals surface area contributed by atoms with Gasteiger partial charge in [0, 0.05) is 4.88 Å². The van der Waals surface area contributed by atoms with E-state index in [0.29, 0.717) is 13.0 Å². The minimum Gasteiger partial charge on any atom is -0.350 e. The van der Waals surface area contributed by atoms with Crippen LogP contribution in [0.4, 0.5) is 0 Å². The lowest BCUT2D eigenvalue weighted by atomic mass is 10.2. The maximum absolute atomic E-state index is 11.4. The molecule has 0 aliphatic heterocycles. The second kappa shape index (κ2) is 5.23. The van der Waals surface area contributed by atoms with Crippen molar-refractivity contribution in [3.8, 4) is 0 Å². The van der Waals surface area contributed by atoms with Crippen molar-refractivity contribution in [2.75, 3.05) is 0 Å². The summed E-state index contributed by atoms with van der Waals surface area (Å²) in [5, 5.41) is 3.83. The molecule has 15 heavy (non-hydrogen) atoms. The third-order valence-corrected chi connectivity index (χ3v) is 3.27. The Kier molecular flexibility index (Phi) is 4.23. The van der Waals surface area contributed by atoms with Crippen LogP contribution in [0, 0.1) is 13.8 Å². The third-order valence-electron chi connectivity index (χ3n) is 2.20. The van der Waals surface area contributed by atoms with E-state index in [0.717, 1.165) is 15.6 Å². The van der Waals surface area contributed by atoms with Crippen LogP contribution in [0.3, 0.4) is 0 Å². The Bertz CT molecular complexity index is 348. The number of aryl methyl sites for hydroxylation is 2. The van der Waals surface area contributed by atoms with E-state index in [9.17, 15) is 4.79 Å². The molecule has 1 rings (SSSR count). The fourth-order valence-corrected chi connectivity index (χ4v) is 2.10. The van der Waals surface area contributed by atoms with Crippen molar-refractivity contribution in [3.05, 3.63) is 15.6 Å². The number of hydrogen-bond acceptors (Lipinski definition) is 4. The van der Waals surface area contributed by atoms with Gasteiger partial charge in [0.05, 0.1) is 23.3 Å². The van der Waals surface area contributed by atoms with Crippen LogP contribution < -0.4 is 11.1 Å². The van der Waals surface area contributed by atoms with Crippen LogP contribution in [0.15, 0.2) is 0 Å². The van der Waals surface area contributed by atoms with Gasteiger partial charge < -0.3 is 11.1 Å². The third kappa shape index (κ3) is 3.28. The molecule has 3 N–H and O–H groups in total. The maximum atomic E-state index is 11.4. The Morgan fingerprint density at radius 1 is 1.60 bits per heavy atom. The zero-order chi connectivity index (χ0) is 11.4. The number of carbonyl (C=O) groups is 1. The Labute approximate surface area is 93.9 Å². The van der Waals surface area contributed by atoms with E-state index in [-0.39, 0.29) is 5.91 Å². The fourth-order valence-electron chi connectivity index (χ4n) is 1.22. The average molecular weight is 227 g/mol. The highest BCUT2D eigenvalue weighted by Gasteiger charge is 2.11. The Morgan fingerprint density at radius 3 is 2.73 bits per heavy atom. The predicted octanol–water partition coefficient (Wildman–Crippen LogP) is 1.11. The van der Waals surface area contributed by atoms with Crippen LogP contribution in [-0.2, 0) is 11.3 Å². The molecule has 0 spiro atoms. The molecular formula is C10H17N3OS. The highest BCUT2D eigenvalue weighted by molar-refractivity contribution is 7.11. The van der Waals surface area contributed by atoms with Gasteiger partial charge in [-0.3, -0.25) is 4.79 Å². The van der Waals surface area contributed by atoms with Gasteiger partial charge in [-0.25, -0.2) is 4.98 Å². The SMILES string of the molecule is CC[C@H](N)C(=O)NCc1sc(C)nc1C. The molecule has 0 radical (unpaired) electrons. The zero-order valence-electron chi connectivity index (χ0n) is 9.33. The summed E-state index contributed by atoms with van der Waals surface area (Å²) in [4.78, 5) is 16.8. The summed E-state index contributed by atoms with van der Waals surface area (Å²) in [6, 6.07) is -0.403. The number of aromatic nitrogens is 1. The number of thiazole rings is 1. The Morgan fingerprint density at radius 2 is 2.27 bits per heavy atom. The molecule has 1 heterocycles. The summed E-state index contributed by atoms with van der Waals surface area (Å²) >= 11 is 1.61. The van der Waals surface area contributed by atoms with E-state index in [1.165, 1.54) is 0 Å². The lowest BCUT2D eigenvalue weighted by Gasteiger charge is -2.08. The van der Waals surface area contributed by atoms with Crippen LogP contribution >= 0.6 is 11.3 Å². The van der Waals surface area contributed by atoms with E-state index in [2.05, 4.69) is 10.3 Å². The van der Waals surface area contributed by atoms with Gasteiger partial charge in [0.1, 0.15) is 0 Å². The van der Waals surface area contributed by atoms with Crippen LogP contribution in [0.25, 0.3) is 0 Å². The van der Waals surface area contributed by atoms with Gasteiger partial charge in [0.2, 0.25) is 5.91 Å². The predicted molar refractivity (Wildman–Crippen MR) is 61.7 cm³/mol. The topological polar surface area (TPSA) is 68.0 Å². The van der Waals surface area contributed by atoms with Crippen molar-refractivity contribution >= 4 is 17.2 Å². The number of amides is 1. The molecule has 0 saturated carbocycles. The maximum Gasteiger partial charge on any atom is 0.237 e. The Hall–Kier alpha value is -0.940. The number of nitrogens with one attached hydrogen (secondary N) is 1. The zero-order valence-corrected chi connectivity index (χ0v) is 10.1. The number of hydrogen-bond donors (Lipinski definition) is 2. The Balaban J connectivity index is 2.50. The normalized spacial score (nSPS) is 12.5. The molecule has 0 aromatic carbocycles. The smallest absolute Gasteiger partial charge is 0.237 e. The second-order valence-electron chi connectivity index (χ2n) is 3.47. The van der Waals surface area contributed by atoms with Crippen LogP contribution in [0.1, 0.15) is 28.9 Å².